The van der Waals surface area contributed by atoms with Gasteiger partial charge in [-0.15, -0.1) is 0 Å². The van der Waals surface area contributed by atoms with E-state index in [1.807, 2.05) is 135 Å². The third kappa shape index (κ3) is 11.4. The van der Waals surface area contributed by atoms with Crippen molar-refractivity contribution in [1.29, 1.82) is 0 Å². The predicted molar refractivity (Wildman–Crippen MR) is 211 cm³/mol. The second-order valence-corrected chi connectivity index (χ2v) is 12.9. The van der Waals surface area contributed by atoms with Crippen LogP contribution >= 0.6 is 0 Å². The third-order valence-corrected chi connectivity index (χ3v) is 8.29. The molecule has 8 heteroatoms. The molecule has 0 aliphatic heterocycles. The molecular formula is C46H46O8. The van der Waals surface area contributed by atoms with Crippen molar-refractivity contribution in [2.24, 2.45) is 0 Å². The first kappa shape index (κ1) is 38.9. The SMILES string of the molecule is C=C(C)C(=O)OC(CCOc1cc(C)c(OCCC(OC(=O)C(=C)C)Oc2ccc(-c3ccccc3)cc2)c(C)c1)Oc1ccc(-c2ccccc2)cc1. The van der Waals surface area contributed by atoms with E-state index in [0.717, 1.165) is 33.4 Å². The summed E-state index contributed by atoms with van der Waals surface area (Å²) < 4.78 is 35.6. The molecule has 54 heavy (non-hydrogen) atoms. The van der Waals surface area contributed by atoms with E-state index in [4.69, 9.17) is 28.4 Å². The largest absolute Gasteiger partial charge is 0.493 e. The zero-order chi connectivity index (χ0) is 38.5. The Morgan fingerprint density at radius 2 is 0.889 bits per heavy atom. The van der Waals surface area contributed by atoms with E-state index in [2.05, 4.69) is 13.2 Å². The molecule has 8 nitrogen and oxygen atoms in total. The quantitative estimate of drug-likeness (QED) is 0.0501. The third-order valence-electron chi connectivity index (χ3n) is 8.29. The van der Waals surface area contributed by atoms with Crippen LogP contribution in [0.15, 0.2) is 146 Å². The molecule has 0 aliphatic rings. The number of esters is 2. The molecule has 5 aromatic rings. The fourth-order valence-electron chi connectivity index (χ4n) is 5.49. The summed E-state index contributed by atoms with van der Waals surface area (Å²) in [5, 5.41) is 0. The summed E-state index contributed by atoms with van der Waals surface area (Å²) >= 11 is 0. The van der Waals surface area contributed by atoms with Crippen molar-refractivity contribution in [2.75, 3.05) is 13.2 Å². The Balaban J connectivity index is 1.17. The predicted octanol–water partition coefficient (Wildman–Crippen LogP) is 10.2. The average Bonchev–Trinajstić information content (AvgIpc) is 3.17. The Labute approximate surface area is 317 Å². The van der Waals surface area contributed by atoms with Gasteiger partial charge in [0.15, 0.2) is 0 Å². The Hall–Kier alpha value is -6.28. The van der Waals surface area contributed by atoms with Crippen LogP contribution in [0.4, 0.5) is 0 Å². The highest BCUT2D eigenvalue weighted by molar-refractivity contribution is 5.87. The van der Waals surface area contributed by atoms with Crippen molar-refractivity contribution in [3.05, 3.63) is 157 Å². The normalized spacial score (nSPS) is 11.8. The maximum absolute atomic E-state index is 12.4. The molecule has 2 unspecified atom stereocenters. The van der Waals surface area contributed by atoms with E-state index < -0.39 is 24.5 Å². The van der Waals surface area contributed by atoms with E-state index in [-0.39, 0.29) is 37.2 Å². The minimum Gasteiger partial charge on any atom is -0.493 e. The summed E-state index contributed by atoms with van der Waals surface area (Å²) in [6, 6.07) is 39.0. The topological polar surface area (TPSA) is 89.5 Å². The molecule has 0 bridgehead atoms. The van der Waals surface area contributed by atoms with Gasteiger partial charge in [0, 0.05) is 11.1 Å². The van der Waals surface area contributed by atoms with Crippen molar-refractivity contribution >= 4 is 11.9 Å². The highest BCUT2D eigenvalue weighted by Gasteiger charge is 2.20. The van der Waals surface area contributed by atoms with Crippen LogP contribution in [0.2, 0.25) is 0 Å². The molecule has 0 spiro atoms. The standard InChI is InChI=1S/C46H46O8/c1-31(2)45(47)53-42(51-39-21-17-37(18-22-39)35-13-9-7-10-14-35)25-27-49-41-29-33(5)44(34(6)30-41)50-28-26-43(54-46(48)32(3)4)52-40-23-19-38(20-24-40)36-15-11-8-12-16-36/h7-24,29-30,42-43H,1,3,25-28H2,2,4-6H3. The van der Waals surface area contributed by atoms with Crippen LogP contribution in [0.25, 0.3) is 22.3 Å². The number of benzene rings is 5. The molecule has 5 rings (SSSR count). The average molecular weight is 727 g/mol. The molecule has 0 N–H and O–H groups in total. The molecule has 0 amide bonds. The van der Waals surface area contributed by atoms with Crippen molar-refractivity contribution in [1.82, 2.24) is 0 Å². The molecule has 278 valence electrons. The van der Waals surface area contributed by atoms with Gasteiger partial charge in [-0.1, -0.05) is 98.1 Å². The summed E-state index contributed by atoms with van der Waals surface area (Å²) in [6.07, 6.45) is -1.24. The summed E-state index contributed by atoms with van der Waals surface area (Å²) in [4.78, 5) is 24.8. The van der Waals surface area contributed by atoms with Gasteiger partial charge < -0.3 is 28.4 Å². The summed E-state index contributed by atoms with van der Waals surface area (Å²) in [6.45, 7) is 14.9. The van der Waals surface area contributed by atoms with E-state index in [1.165, 1.54) is 0 Å². The molecule has 2 atom stereocenters. The molecule has 0 radical (unpaired) electrons. The van der Waals surface area contributed by atoms with E-state index in [9.17, 15) is 9.59 Å². The number of rotatable bonds is 18. The first-order chi connectivity index (χ1) is 26.0. The van der Waals surface area contributed by atoms with E-state index >= 15 is 0 Å². The second-order valence-electron chi connectivity index (χ2n) is 12.9. The van der Waals surface area contributed by atoms with Gasteiger partial charge in [0.2, 0.25) is 12.6 Å². The second kappa shape index (κ2) is 19.0. The molecule has 0 saturated carbocycles. The van der Waals surface area contributed by atoms with Crippen LogP contribution in [0.5, 0.6) is 23.0 Å². The van der Waals surface area contributed by atoms with Gasteiger partial charge in [-0.05, 0) is 97.5 Å². The first-order valence-corrected chi connectivity index (χ1v) is 17.8. The molecule has 5 aromatic carbocycles. The van der Waals surface area contributed by atoms with Gasteiger partial charge in [0.1, 0.15) is 23.0 Å². The summed E-state index contributed by atoms with van der Waals surface area (Å²) in [7, 11) is 0. The zero-order valence-corrected chi connectivity index (χ0v) is 31.2. The minimum atomic E-state index is -0.893. The van der Waals surface area contributed by atoms with Crippen LogP contribution in [0.3, 0.4) is 0 Å². The van der Waals surface area contributed by atoms with Gasteiger partial charge in [0.25, 0.3) is 0 Å². The van der Waals surface area contributed by atoms with E-state index in [0.29, 0.717) is 23.0 Å². The fraction of sp³-hybridized carbons (Fsp3) is 0.217. The number of carbonyl (C=O) groups excluding carboxylic acids is 2. The molecule has 0 fully saturated rings. The van der Waals surface area contributed by atoms with Gasteiger partial charge in [-0.3, -0.25) is 0 Å². The highest BCUT2D eigenvalue weighted by atomic mass is 16.7. The van der Waals surface area contributed by atoms with Crippen LogP contribution in [-0.2, 0) is 19.1 Å². The number of aryl methyl sites for hydroxylation is 2. The minimum absolute atomic E-state index is 0.217. The molecular weight excluding hydrogens is 680 g/mol. The van der Waals surface area contributed by atoms with Gasteiger partial charge in [-0.25, -0.2) is 9.59 Å². The molecule has 0 aliphatic carbocycles. The van der Waals surface area contributed by atoms with Gasteiger partial charge in [0.05, 0.1) is 26.1 Å². The van der Waals surface area contributed by atoms with Crippen molar-refractivity contribution in [2.45, 2.75) is 53.1 Å². The van der Waals surface area contributed by atoms with Crippen LogP contribution in [0, 0.1) is 13.8 Å². The maximum Gasteiger partial charge on any atom is 0.336 e. The first-order valence-electron chi connectivity index (χ1n) is 17.8. The highest BCUT2D eigenvalue weighted by Crippen LogP contribution is 2.30. The van der Waals surface area contributed by atoms with Crippen LogP contribution in [0.1, 0.15) is 37.8 Å². The Morgan fingerprint density at radius 3 is 1.28 bits per heavy atom. The summed E-state index contributed by atoms with van der Waals surface area (Å²) in [5.74, 6) is 1.35. The van der Waals surface area contributed by atoms with Crippen molar-refractivity contribution in [3.63, 3.8) is 0 Å². The van der Waals surface area contributed by atoms with Crippen LogP contribution < -0.4 is 18.9 Å². The van der Waals surface area contributed by atoms with Crippen molar-refractivity contribution in [3.8, 4) is 45.3 Å². The lowest BCUT2D eigenvalue weighted by atomic mass is 10.1. The maximum atomic E-state index is 12.4. The number of carbonyl (C=O) groups is 2. The monoisotopic (exact) mass is 726 g/mol. The number of ether oxygens (including phenoxy) is 6. The van der Waals surface area contributed by atoms with Crippen molar-refractivity contribution < 1.29 is 38.0 Å². The Morgan fingerprint density at radius 1 is 0.519 bits per heavy atom. The smallest absolute Gasteiger partial charge is 0.336 e. The van der Waals surface area contributed by atoms with Gasteiger partial charge in [-0.2, -0.15) is 0 Å². The molecule has 0 saturated heterocycles. The fourth-order valence-corrected chi connectivity index (χ4v) is 5.49. The lowest BCUT2D eigenvalue weighted by Crippen LogP contribution is -2.27. The molecule has 0 aromatic heterocycles. The lowest BCUT2D eigenvalue weighted by Gasteiger charge is -2.21. The number of hydrogen-bond acceptors (Lipinski definition) is 8. The van der Waals surface area contributed by atoms with Gasteiger partial charge >= 0.3 is 11.9 Å². The van der Waals surface area contributed by atoms with E-state index in [1.54, 1.807) is 13.8 Å². The van der Waals surface area contributed by atoms with Crippen LogP contribution in [-0.4, -0.2) is 37.7 Å². The molecule has 0 heterocycles. The zero-order valence-electron chi connectivity index (χ0n) is 31.2. The summed E-state index contributed by atoms with van der Waals surface area (Å²) in [5.41, 5.74) is 6.54. The lowest BCUT2D eigenvalue weighted by molar-refractivity contribution is -0.161. The Bertz CT molecular complexity index is 2000. The number of hydrogen-bond donors (Lipinski definition) is 0. The Kier molecular flexibility index (Phi) is 13.7.